The number of alkyl halides is 1. The Kier molecular flexibility index (Phi) is 3.74. The SMILES string of the molecule is COc1ccc2nc(CCl)n(-c3ccc(C)cc3Cl)c2n1. The average molecular weight is 322 g/mol. The highest BCUT2D eigenvalue weighted by atomic mass is 35.5. The van der Waals surface area contributed by atoms with Crippen molar-refractivity contribution in [3.63, 3.8) is 0 Å². The van der Waals surface area contributed by atoms with Crippen LogP contribution in [-0.2, 0) is 5.88 Å². The van der Waals surface area contributed by atoms with Crippen molar-refractivity contribution >= 4 is 34.4 Å². The van der Waals surface area contributed by atoms with Crippen LogP contribution in [0.4, 0.5) is 0 Å². The lowest BCUT2D eigenvalue weighted by atomic mass is 10.2. The number of fused-ring (bicyclic) bond motifs is 1. The first kappa shape index (κ1) is 14.2. The first-order valence-electron chi connectivity index (χ1n) is 6.39. The van der Waals surface area contributed by atoms with Gasteiger partial charge < -0.3 is 4.74 Å². The van der Waals surface area contributed by atoms with Gasteiger partial charge in [-0.25, -0.2) is 4.98 Å². The number of ether oxygens (including phenoxy) is 1. The van der Waals surface area contributed by atoms with Gasteiger partial charge in [0.25, 0.3) is 0 Å². The number of hydrogen-bond acceptors (Lipinski definition) is 3. The summed E-state index contributed by atoms with van der Waals surface area (Å²) in [6.07, 6.45) is 0. The van der Waals surface area contributed by atoms with Crippen LogP contribution >= 0.6 is 23.2 Å². The quantitative estimate of drug-likeness (QED) is 0.681. The topological polar surface area (TPSA) is 39.9 Å². The Morgan fingerprint density at radius 1 is 1.19 bits per heavy atom. The lowest BCUT2D eigenvalue weighted by Crippen LogP contribution is -2.02. The molecule has 0 spiro atoms. The Hall–Kier alpha value is -1.78. The Morgan fingerprint density at radius 2 is 2.00 bits per heavy atom. The molecular formula is C15H13Cl2N3O. The molecule has 1 aromatic carbocycles. The summed E-state index contributed by atoms with van der Waals surface area (Å²) in [6, 6.07) is 9.46. The minimum Gasteiger partial charge on any atom is -0.481 e. The average Bonchev–Trinajstić information content (AvgIpc) is 2.84. The number of nitrogens with zero attached hydrogens (tertiary/aromatic N) is 3. The molecule has 0 saturated carbocycles. The zero-order valence-corrected chi connectivity index (χ0v) is 13.1. The van der Waals surface area contributed by atoms with Gasteiger partial charge in [-0.05, 0) is 30.7 Å². The van der Waals surface area contributed by atoms with Gasteiger partial charge in [0.05, 0.1) is 23.7 Å². The van der Waals surface area contributed by atoms with Crippen LogP contribution in [0.25, 0.3) is 16.9 Å². The zero-order valence-electron chi connectivity index (χ0n) is 11.6. The van der Waals surface area contributed by atoms with Crippen LogP contribution < -0.4 is 4.74 Å². The summed E-state index contributed by atoms with van der Waals surface area (Å²) >= 11 is 12.4. The van der Waals surface area contributed by atoms with E-state index in [2.05, 4.69) is 9.97 Å². The lowest BCUT2D eigenvalue weighted by Gasteiger charge is -2.10. The molecule has 0 aliphatic carbocycles. The summed E-state index contributed by atoms with van der Waals surface area (Å²) in [5, 5.41) is 0.630. The predicted octanol–water partition coefficient (Wildman–Crippen LogP) is 4.13. The van der Waals surface area contributed by atoms with E-state index in [0.717, 1.165) is 16.8 Å². The number of rotatable bonds is 3. The van der Waals surface area contributed by atoms with E-state index in [1.165, 1.54) is 0 Å². The van der Waals surface area contributed by atoms with E-state index in [0.29, 0.717) is 22.4 Å². The minimum absolute atomic E-state index is 0.267. The van der Waals surface area contributed by atoms with Crippen LogP contribution in [0, 0.1) is 6.92 Å². The molecule has 108 valence electrons. The summed E-state index contributed by atoms with van der Waals surface area (Å²) in [7, 11) is 1.58. The van der Waals surface area contributed by atoms with Crippen molar-refractivity contribution in [3.05, 3.63) is 46.7 Å². The van der Waals surface area contributed by atoms with E-state index in [1.54, 1.807) is 13.2 Å². The van der Waals surface area contributed by atoms with Gasteiger partial charge in [0.1, 0.15) is 11.3 Å². The molecule has 0 N–H and O–H groups in total. The maximum Gasteiger partial charge on any atom is 0.215 e. The third-order valence-electron chi connectivity index (χ3n) is 3.22. The van der Waals surface area contributed by atoms with Gasteiger partial charge in [-0.15, -0.1) is 11.6 Å². The number of aryl methyl sites for hydroxylation is 1. The molecule has 0 unspecified atom stereocenters. The van der Waals surface area contributed by atoms with Crippen molar-refractivity contribution in [1.29, 1.82) is 0 Å². The van der Waals surface area contributed by atoms with Crippen LogP contribution in [0.15, 0.2) is 30.3 Å². The van der Waals surface area contributed by atoms with Gasteiger partial charge in [0.15, 0.2) is 5.65 Å². The van der Waals surface area contributed by atoms with Crippen LogP contribution in [0.5, 0.6) is 5.88 Å². The molecule has 0 aliphatic heterocycles. The van der Waals surface area contributed by atoms with Gasteiger partial charge in [0, 0.05) is 6.07 Å². The van der Waals surface area contributed by atoms with Crippen molar-refractivity contribution in [2.45, 2.75) is 12.8 Å². The molecule has 3 rings (SSSR count). The van der Waals surface area contributed by atoms with Crippen molar-refractivity contribution < 1.29 is 4.74 Å². The predicted molar refractivity (Wildman–Crippen MR) is 84.7 cm³/mol. The second-order valence-electron chi connectivity index (χ2n) is 4.65. The molecule has 0 radical (unpaired) electrons. The van der Waals surface area contributed by atoms with E-state index < -0.39 is 0 Å². The number of aromatic nitrogens is 3. The third-order valence-corrected chi connectivity index (χ3v) is 3.76. The van der Waals surface area contributed by atoms with E-state index >= 15 is 0 Å². The molecular weight excluding hydrogens is 309 g/mol. The minimum atomic E-state index is 0.267. The Bertz CT molecular complexity index is 814. The van der Waals surface area contributed by atoms with Gasteiger partial charge in [0.2, 0.25) is 5.88 Å². The number of imidazole rings is 1. The molecule has 2 aromatic heterocycles. The Balaban J connectivity index is 2.33. The number of hydrogen-bond donors (Lipinski definition) is 0. The first-order valence-corrected chi connectivity index (χ1v) is 7.30. The van der Waals surface area contributed by atoms with Gasteiger partial charge in [-0.3, -0.25) is 4.57 Å². The van der Waals surface area contributed by atoms with Crippen molar-refractivity contribution in [1.82, 2.24) is 14.5 Å². The Morgan fingerprint density at radius 3 is 2.67 bits per heavy atom. The smallest absolute Gasteiger partial charge is 0.215 e. The maximum atomic E-state index is 6.37. The maximum absolute atomic E-state index is 6.37. The molecule has 4 nitrogen and oxygen atoms in total. The number of halogens is 2. The van der Waals surface area contributed by atoms with E-state index in [9.17, 15) is 0 Å². The summed E-state index contributed by atoms with van der Waals surface area (Å²) in [5.74, 6) is 1.48. The standard InChI is InChI=1S/C15H13Cl2N3O/c1-9-3-5-12(10(17)7-9)20-13(8-16)18-11-4-6-14(21-2)19-15(11)20/h3-7H,8H2,1-2H3. The zero-order chi connectivity index (χ0) is 15.0. The molecule has 6 heteroatoms. The molecule has 0 saturated heterocycles. The highest BCUT2D eigenvalue weighted by Crippen LogP contribution is 2.28. The summed E-state index contributed by atoms with van der Waals surface area (Å²) < 4.78 is 7.05. The molecule has 0 aliphatic rings. The second-order valence-corrected chi connectivity index (χ2v) is 5.32. The van der Waals surface area contributed by atoms with E-state index in [-0.39, 0.29) is 5.88 Å². The third kappa shape index (κ3) is 2.45. The Labute approximate surface area is 132 Å². The molecule has 2 heterocycles. The monoisotopic (exact) mass is 321 g/mol. The highest BCUT2D eigenvalue weighted by Gasteiger charge is 2.16. The molecule has 3 aromatic rings. The normalized spacial score (nSPS) is 11.0. The van der Waals surface area contributed by atoms with Crippen molar-refractivity contribution in [2.75, 3.05) is 7.11 Å². The summed E-state index contributed by atoms with van der Waals surface area (Å²) in [4.78, 5) is 8.96. The first-order chi connectivity index (χ1) is 10.1. The fraction of sp³-hybridized carbons (Fsp3) is 0.200. The molecule has 0 fully saturated rings. The number of methoxy groups -OCH3 is 1. The summed E-state index contributed by atoms with van der Waals surface area (Å²) in [5.41, 5.74) is 3.33. The van der Waals surface area contributed by atoms with Gasteiger partial charge in [-0.2, -0.15) is 4.98 Å². The van der Waals surface area contributed by atoms with Gasteiger partial charge in [-0.1, -0.05) is 17.7 Å². The fourth-order valence-corrected chi connectivity index (χ4v) is 2.74. The van der Waals surface area contributed by atoms with Crippen molar-refractivity contribution in [2.24, 2.45) is 0 Å². The van der Waals surface area contributed by atoms with Crippen LogP contribution in [0.3, 0.4) is 0 Å². The van der Waals surface area contributed by atoms with Gasteiger partial charge >= 0.3 is 0 Å². The second kappa shape index (κ2) is 5.54. The number of benzene rings is 1. The molecule has 0 atom stereocenters. The summed E-state index contributed by atoms with van der Waals surface area (Å²) in [6.45, 7) is 1.99. The molecule has 21 heavy (non-hydrogen) atoms. The fourth-order valence-electron chi connectivity index (χ4n) is 2.24. The molecule has 0 bridgehead atoms. The van der Waals surface area contributed by atoms with E-state index in [1.807, 2.05) is 35.8 Å². The van der Waals surface area contributed by atoms with Crippen molar-refractivity contribution in [3.8, 4) is 11.6 Å². The largest absolute Gasteiger partial charge is 0.481 e. The van der Waals surface area contributed by atoms with Crippen LogP contribution in [0.1, 0.15) is 11.4 Å². The van der Waals surface area contributed by atoms with E-state index in [4.69, 9.17) is 27.9 Å². The van der Waals surface area contributed by atoms with Crippen LogP contribution in [-0.4, -0.2) is 21.6 Å². The molecule has 0 amide bonds. The lowest BCUT2D eigenvalue weighted by molar-refractivity contribution is 0.399. The number of pyridine rings is 1. The van der Waals surface area contributed by atoms with Crippen LogP contribution in [0.2, 0.25) is 5.02 Å². The highest BCUT2D eigenvalue weighted by molar-refractivity contribution is 6.32.